The Morgan fingerprint density at radius 1 is 1.15 bits per heavy atom. The summed E-state index contributed by atoms with van der Waals surface area (Å²) in [4.78, 5) is 16.3. The fourth-order valence-corrected chi connectivity index (χ4v) is 4.75. The maximum atomic E-state index is 12.4. The van der Waals surface area contributed by atoms with E-state index in [-0.39, 0.29) is 5.91 Å². The number of hydrogen-bond acceptors (Lipinski definition) is 3. The molecule has 0 saturated heterocycles. The highest BCUT2D eigenvalue weighted by Gasteiger charge is 2.17. The van der Waals surface area contributed by atoms with Crippen molar-refractivity contribution in [2.75, 3.05) is 16.8 Å². The van der Waals surface area contributed by atoms with Gasteiger partial charge in [-0.25, -0.2) is 0 Å². The molecule has 0 unspecified atom stereocenters. The average molecular weight is 448 g/mol. The first kappa shape index (κ1) is 17.6. The van der Waals surface area contributed by atoms with Crippen LogP contribution in [0.3, 0.4) is 0 Å². The van der Waals surface area contributed by atoms with Crippen molar-refractivity contribution < 1.29 is 4.79 Å². The molecule has 0 spiro atoms. The van der Waals surface area contributed by atoms with Crippen molar-refractivity contribution in [1.82, 2.24) is 0 Å². The van der Waals surface area contributed by atoms with Gasteiger partial charge in [0.15, 0.2) is 0 Å². The van der Waals surface area contributed by atoms with Gasteiger partial charge in [0, 0.05) is 33.8 Å². The zero-order valence-electron chi connectivity index (χ0n) is 13.8. The quantitative estimate of drug-likeness (QED) is 0.536. The molecular formula is C20H16BrClN2OS. The number of carbonyl (C=O) groups excluding carboxylic acids is 1. The number of nitrogens with one attached hydrogen (secondary N) is 1. The van der Waals surface area contributed by atoms with E-state index in [9.17, 15) is 4.79 Å². The lowest BCUT2D eigenvalue weighted by atomic mass is 10.1. The van der Waals surface area contributed by atoms with Crippen molar-refractivity contribution in [3.8, 4) is 0 Å². The molecule has 1 aliphatic heterocycles. The minimum atomic E-state index is -0.212. The summed E-state index contributed by atoms with van der Waals surface area (Å²) in [6.07, 6.45) is 1.09. The van der Waals surface area contributed by atoms with E-state index in [1.807, 2.05) is 23.5 Å². The van der Waals surface area contributed by atoms with Crippen LogP contribution in [0.15, 0.2) is 58.4 Å². The molecule has 132 valence electrons. The van der Waals surface area contributed by atoms with Crippen LogP contribution < -0.4 is 10.2 Å². The molecule has 0 aliphatic carbocycles. The van der Waals surface area contributed by atoms with Gasteiger partial charge in [-0.1, -0.05) is 27.5 Å². The Hall–Kier alpha value is -1.82. The van der Waals surface area contributed by atoms with Crippen LogP contribution in [0.25, 0.3) is 0 Å². The van der Waals surface area contributed by atoms with Crippen molar-refractivity contribution >= 4 is 56.1 Å². The summed E-state index contributed by atoms with van der Waals surface area (Å²) in [6.45, 7) is 1.97. The van der Waals surface area contributed by atoms with Gasteiger partial charge in [-0.15, -0.1) is 11.3 Å². The lowest BCUT2D eigenvalue weighted by Gasteiger charge is -2.29. The molecule has 0 bridgehead atoms. The highest BCUT2D eigenvalue weighted by molar-refractivity contribution is 9.10. The van der Waals surface area contributed by atoms with Crippen LogP contribution in [0.4, 0.5) is 11.4 Å². The molecule has 1 aliphatic rings. The van der Waals surface area contributed by atoms with Gasteiger partial charge in [0.1, 0.15) is 0 Å². The zero-order valence-corrected chi connectivity index (χ0v) is 17.0. The molecule has 2 aromatic carbocycles. The molecule has 3 aromatic rings. The second-order valence-electron chi connectivity index (χ2n) is 6.17. The first-order valence-corrected chi connectivity index (χ1v) is 10.3. The molecule has 0 saturated carbocycles. The topological polar surface area (TPSA) is 32.3 Å². The van der Waals surface area contributed by atoms with Crippen molar-refractivity contribution in [3.63, 3.8) is 0 Å². The summed E-state index contributed by atoms with van der Waals surface area (Å²) in [5.41, 5.74) is 3.80. The number of amides is 1. The summed E-state index contributed by atoms with van der Waals surface area (Å²) in [5.74, 6) is -0.212. The van der Waals surface area contributed by atoms with Crippen LogP contribution in [0.5, 0.6) is 0 Å². The number of fused-ring (bicyclic) bond motifs is 1. The fraction of sp³-hybridized carbons (Fsp3) is 0.150. The van der Waals surface area contributed by atoms with Gasteiger partial charge < -0.3 is 10.2 Å². The Morgan fingerprint density at radius 3 is 2.73 bits per heavy atom. The third-order valence-electron chi connectivity index (χ3n) is 4.47. The van der Waals surface area contributed by atoms with Crippen LogP contribution in [-0.4, -0.2) is 12.5 Å². The minimum absolute atomic E-state index is 0.212. The van der Waals surface area contributed by atoms with Crippen LogP contribution in [0.2, 0.25) is 5.02 Å². The van der Waals surface area contributed by atoms with E-state index in [1.165, 1.54) is 16.1 Å². The lowest BCUT2D eigenvalue weighted by Crippen LogP contribution is -2.29. The number of anilines is 2. The number of hydrogen-bond donors (Lipinski definition) is 1. The molecule has 0 fully saturated rings. The van der Waals surface area contributed by atoms with Gasteiger partial charge in [-0.05, 0) is 65.9 Å². The summed E-state index contributed by atoms with van der Waals surface area (Å²) in [7, 11) is 0. The Balaban J connectivity index is 1.45. The van der Waals surface area contributed by atoms with E-state index >= 15 is 0 Å². The molecule has 3 nitrogen and oxygen atoms in total. The molecule has 26 heavy (non-hydrogen) atoms. The van der Waals surface area contributed by atoms with Gasteiger partial charge in [0.2, 0.25) is 0 Å². The third-order valence-corrected chi connectivity index (χ3v) is 6.30. The summed E-state index contributed by atoms with van der Waals surface area (Å²) >= 11 is 11.3. The van der Waals surface area contributed by atoms with Crippen molar-refractivity contribution in [2.24, 2.45) is 0 Å². The predicted octanol–water partition coefficient (Wildman–Crippen LogP) is 5.98. The number of carbonyl (C=O) groups is 1. The van der Waals surface area contributed by atoms with Gasteiger partial charge in [-0.3, -0.25) is 4.79 Å². The van der Waals surface area contributed by atoms with Crippen LogP contribution in [0, 0.1) is 0 Å². The molecule has 0 atom stereocenters. The molecule has 2 heterocycles. The van der Waals surface area contributed by atoms with Gasteiger partial charge in [0.05, 0.1) is 10.6 Å². The first-order chi connectivity index (χ1) is 12.6. The average Bonchev–Trinajstić information content (AvgIpc) is 3.10. The van der Waals surface area contributed by atoms with E-state index < -0.39 is 0 Å². The normalized spacial score (nSPS) is 13.4. The number of nitrogens with zero attached hydrogens (tertiary/aromatic N) is 1. The molecular weight excluding hydrogens is 432 g/mol. The maximum Gasteiger partial charge on any atom is 0.257 e. The highest BCUT2D eigenvalue weighted by Crippen LogP contribution is 2.29. The summed E-state index contributed by atoms with van der Waals surface area (Å²) < 4.78 is 0.846. The van der Waals surface area contributed by atoms with Gasteiger partial charge in [-0.2, -0.15) is 0 Å². The predicted molar refractivity (Wildman–Crippen MR) is 113 cm³/mol. The number of rotatable bonds is 3. The Morgan fingerprint density at radius 2 is 1.96 bits per heavy atom. The van der Waals surface area contributed by atoms with Gasteiger partial charge >= 0.3 is 0 Å². The molecule has 1 N–H and O–H groups in total. The fourth-order valence-electron chi connectivity index (χ4n) is 3.10. The minimum Gasteiger partial charge on any atom is -0.367 e. The van der Waals surface area contributed by atoms with Crippen molar-refractivity contribution in [2.45, 2.75) is 13.0 Å². The smallest absolute Gasteiger partial charge is 0.257 e. The number of halogens is 2. The third kappa shape index (κ3) is 3.65. The SMILES string of the molecule is O=C(Nc1ccc(N2CCc3sccc3C2)cc1)c1ccc(Br)cc1Cl. The molecule has 6 heteroatoms. The number of benzene rings is 2. The Bertz CT molecular complexity index is 955. The van der Waals surface area contributed by atoms with Gasteiger partial charge in [0.25, 0.3) is 5.91 Å². The molecule has 4 rings (SSSR count). The Kier molecular flexibility index (Phi) is 5.02. The molecule has 0 radical (unpaired) electrons. The zero-order chi connectivity index (χ0) is 18.1. The van der Waals surface area contributed by atoms with Crippen LogP contribution >= 0.6 is 38.9 Å². The second kappa shape index (κ2) is 7.43. The monoisotopic (exact) mass is 446 g/mol. The first-order valence-electron chi connectivity index (χ1n) is 8.27. The summed E-state index contributed by atoms with van der Waals surface area (Å²) in [5, 5.41) is 5.50. The van der Waals surface area contributed by atoms with Crippen LogP contribution in [0.1, 0.15) is 20.8 Å². The Labute approximate surface area is 169 Å². The van der Waals surface area contributed by atoms with E-state index in [0.29, 0.717) is 10.6 Å². The maximum absolute atomic E-state index is 12.4. The molecule has 1 amide bonds. The largest absolute Gasteiger partial charge is 0.367 e. The second-order valence-corrected chi connectivity index (χ2v) is 8.49. The van der Waals surface area contributed by atoms with Crippen molar-refractivity contribution in [1.29, 1.82) is 0 Å². The van der Waals surface area contributed by atoms with Crippen molar-refractivity contribution in [3.05, 3.63) is 79.4 Å². The van der Waals surface area contributed by atoms with E-state index in [4.69, 9.17) is 11.6 Å². The standard InChI is InChI=1S/C20H16BrClN2OS/c21-14-1-6-17(18(22)11-14)20(25)23-15-2-4-16(5-3-15)24-9-7-19-13(12-24)8-10-26-19/h1-6,8,10-11H,7,9,12H2,(H,23,25). The molecule has 1 aromatic heterocycles. The summed E-state index contributed by atoms with van der Waals surface area (Å²) in [6, 6.07) is 15.4. The highest BCUT2D eigenvalue weighted by atomic mass is 79.9. The van der Waals surface area contributed by atoms with E-state index in [2.05, 4.69) is 49.7 Å². The van der Waals surface area contributed by atoms with E-state index in [1.54, 1.807) is 18.2 Å². The number of thiophene rings is 1. The van der Waals surface area contributed by atoms with E-state index in [0.717, 1.165) is 29.7 Å². The van der Waals surface area contributed by atoms with Crippen LogP contribution in [-0.2, 0) is 13.0 Å². The lowest BCUT2D eigenvalue weighted by molar-refractivity contribution is 0.102.